The van der Waals surface area contributed by atoms with Crippen LogP contribution in [0.25, 0.3) is 5.57 Å². The highest BCUT2D eigenvalue weighted by molar-refractivity contribution is 5.78. The Bertz CT molecular complexity index is 765. The number of carbonyl (C=O) groups excluding carboxylic acids is 1. The van der Waals surface area contributed by atoms with Crippen molar-refractivity contribution in [1.29, 1.82) is 0 Å². The van der Waals surface area contributed by atoms with E-state index in [1.165, 1.54) is 0 Å². The van der Waals surface area contributed by atoms with Crippen LogP contribution in [0.1, 0.15) is 31.7 Å². The van der Waals surface area contributed by atoms with E-state index in [9.17, 15) is 18.0 Å². The number of ether oxygens (including phenoxy) is 1. The number of benzene rings is 1. The highest BCUT2D eigenvalue weighted by atomic mass is 19.4. The number of alkyl halides is 3. The fourth-order valence-electron chi connectivity index (χ4n) is 5.02. The van der Waals surface area contributed by atoms with Crippen molar-refractivity contribution in [3.05, 3.63) is 54.1 Å². The Balaban J connectivity index is 1.59. The summed E-state index contributed by atoms with van der Waals surface area (Å²) in [6.45, 7) is 1.89. The molecular formula is C21H21F3O2. The zero-order valence-corrected chi connectivity index (χ0v) is 14.5. The number of carbonyl (C=O) groups is 1. The lowest BCUT2D eigenvalue weighted by atomic mass is 9.72. The molecular weight excluding hydrogens is 341 g/mol. The van der Waals surface area contributed by atoms with Crippen molar-refractivity contribution < 1.29 is 22.7 Å². The molecule has 1 saturated heterocycles. The lowest BCUT2D eigenvalue weighted by Crippen LogP contribution is -2.52. The van der Waals surface area contributed by atoms with Crippen LogP contribution in [0.5, 0.6) is 0 Å². The van der Waals surface area contributed by atoms with Gasteiger partial charge in [0.15, 0.2) is 0 Å². The van der Waals surface area contributed by atoms with Crippen molar-refractivity contribution in [2.24, 2.45) is 23.7 Å². The second-order valence-corrected chi connectivity index (χ2v) is 7.60. The van der Waals surface area contributed by atoms with E-state index in [0.717, 1.165) is 11.1 Å². The third-order valence-corrected chi connectivity index (χ3v) is 6.23. The van der Waals surface area contributed by atoms with Gasteiger partial charge >= 0.3 is 12.1 Å². The van der Waals surface area contributed by atoms with Crippen molar-refractivity contribution in [3.8, 4) is 0 Å². The topological polar surface area (TPSA) is 26.3 Å². The van der Waals surface area contributed by atoms with Crippen molar-refractivity contribution in [1.82, 2.24) is 0 Å². The van der Waals surface area contributed by atoms with E-state index in [-0.39, 0.29) is 24.7 Å². The third-order valence-electron chi connectivity index (χ3n) is 6.23. The smallest absolute Gasteiger partial charge is 0.428 e. The number of rotatable bonds is 4. The first-order chi connectivity index (χ1) is 12.3. The summed E-state index contributed by atoms with van der Waals surface area (Å²) in [5.41, 5.74) is -0.443. The van der Waals surface area contributed by atoms with Crippen LogP contribution in [0.4, 0.5) is 13.2 Å². The summed E-state index contributed by atoms with van der Waals surface area (Å²) in [5.74, 6) is -2.39. The lowest BCUT2D eigenvalue weighted by Gasteiger charge is -2.37. The van der Waals surface area contributed by atoms with Gasteiger partial charge in [-0.25, -0.2) is 0 Å². The minimum Gasteiger partial charge on any atom is -0.449 e. The maximum Gasteiger partial charge on any atom is 0.428 e. The molecule has 1 aromatic rings. The Morgan fingerprint density at radius 3 is 2.62 bits per heavy atom. The molecule has 1 heterocycles. The lowest BCUT2D eigenvalue weighted by molar-refractivity contribution is -0.275. The predicted octanol–water partition coefficient (Wildman–Crippen LogP) is 5.17. The standard InChI is InChI=1S/C21H21F3O2/c1-13(14-7-3-2-4-8-14)6-5-11-20(21(22,23)24)18-16-10-9-15(12-16)17(18)19(25)26-20/h2-4,6-10,15-18H,5,11-12H2,1H3/b13-6+/t15?,16?,17?,18?,20-/m1/s1. The van der Waals surface area contributed by atoms with Crippen LogP contribution < -0.4 is 0 Å². The zero-order valence-electron chi connectivity index (χ0n) is 14.5. The molecule has 2 aliphatic carbocycles. The van der Waals surface area contributed by atoms with Crippen LogP contribution in [-0.4, -0.2) is 17.7 Å². The quantitative estimate of drug-likeness (QED) is 0.546. The van der Waals surface area contributed by atoms with Crippen LogP contribution >= 0.6 is 0 Å². The number of hydrogen-bond donors (Lipinski definition) is 0. The molecule has 0 amide bonds. The maximum atomic E-state index is 14.1. The fourth-order valence-corrected chi connectivity index (χ4v) is 5.02. The van der Waals surface area contributed by atoms with Crippen molar-refractivity contribution in [3.63, 3.8) is 0 Å². The first-order valence-electron chi connectivity index (χ1n) is 9.03. The number of esters is 1. The molecule has 1 aliphatic heterocycles. The summed E-state index contributed by atoms with van der Waals surface area (Å²) >= 11 is 0. The maximum absolute atomic E-state index is 14.1. The van der Waals surface area contributed by atoms with E-state index >= 15 is 0 Å². The highest BCUT2D eigenvalue weighted by Gasteiger charge is 2.73. The zero-order chi connectivity index (χ0) is 18.5. The second-order valence-electron chi connectivity index (χ2n) is 7.60. The monoisotopic (exact) mass is 362 g/mol. The van der Waals surface area contributed by atoms with Gasteiger partial charge in [-0.3, -0.25) is 4.79 Å². The first-order valence-corrected chi connectivity index (χ1v) is 9.03. The Kier molecular flexibility index (Phi) is 4.01. The Morgan fingerprint density at radius 2 is 1.92 bits per heavy atom. The molecule has 2 fully saturated rings. The normalized spacial score (nSPS) is 35.7. The van der Waals surface area contributed by atoms with Gasteiger partial charge < -0.3 is 4.74 Å². The fraction of sp³-hybridized carbons (Fsp3) is 0.476. The van der Waals surface area contributed by atoms with Gasteiger partial charge in [0.25, 0.3) is 0 Å². The molecule has 1 aromatic carbocycles. The van der Waals surface area contributed by atoms with Crippen LogP contribution in [-0.2, 0) is 9.53 Å². The van der Waals surface area contributed by atoms with E-state index in [2.05, 4.69) is 0 Å². The summed E-state index contributed by atoms with van der Waals surface area (Å²) in [6, 6.07) is 9.55. The number of halogens is 3. The van der Waals surface area contributed by atoms with Gasteiger partial charge in [0.1, 0.15) is 0 Å². The predicted molar refractivity (Wildman–Crippen MR) is 91.9 cm³/mol. The molecule has 1 saturated carbocycles. The molecule has 5 atom stereocenters. The van der Waals surface area contributed by atoms with Gasteiger partial charge in [-0.2, -0.15) is 13.2 Å². The van der Waals surface area contributed by atoms with Crippen molar-refractivity contribution in [2.75, 3.05) is 0 Å². The molecule has 2 nitrogen and oxygen atoms in total. The van der Waals surface area contributed by atoms with Gasteiger partial charge in [-0.15, -0.1) is 0 Å². The summed E-state index contributed by atoms with van der Waals surface area (Å²) in [5, 5.41) is 0. The number of allylic oxidation sites excluding steroid dienone is 4. The van der Waals surface area contributed by atoms with Gasteiger partial charge in [-0.1, -0.05) is 48.6 Å². The van der Waals surface area contributed by atoms with Gasteiger partial charge in [0.05, 0.1) is 5.92 Å². The van der Waals surface area contributed by atoms with Crippen LogP contribution in [0.2, 0.25) is 0 Å². The van der Waals surface area contributed by atoms with Crippen molar-refractivity contribution in [2.45, 2.75) is 38.0 Å². The molecule has 4 rings (SSSR count). The van der Waals surface area contributed by atoms with Crippen LogP contribution in [0.3, 0.4) is 0 Å². The van der Waals surface area contributed by atoms with Crippen LogP contribution in [0, 0.1) is 23.7 Å². The summed E-state index contributed by atoms with van der Waals surface area (Å²) in [4.78, 5) is 12.3. The summed E-state index contributed by atoms with van der Waals surface area (Å²) in [6.07, 6.45) is 1.63. The molecule has 138 valence electrons. The van der Waals surface area contributed by atoms with E-state index in [0.29, 0.717) is 6.42 Å². The Labute approximate surface area is 150 Å². The molecule has 26 heavy (non-hydrogen) atoms. The van der Waals surface area contributed by atoms with Crippen molar-refractivity contribution >= 4 is 11.5 Å². The minimum atomic E-state index is -4.56. The number of cyclic esters (lactones) is 1. The van der Waals surface area contributed by atoms with Gasteiger partial charge in [0.2, 0.25) is 5.60 Å². The molecule has 0 radical (unpaired) electrons. The molecule has 0 N–H and O–H groups in total. The second kappa shape index (κ2) is 6.00. The number of hydrogen-bond acceptors (Lipinski definition) is 2. The molecule has 0 aromatic heterocycles. The average Bonchev–Trinajstić information content (AvgIpc) is 3.28. The van der Waals surface area contributed by atoms with E-state index in [1.54, 1.807) is 0 Å². The van der Waals surface area contributed by atoms with E-state index < -0.39 is 29.6 Å². The number of fused-ring (bicyclic) bond motifs is 5. The summed E-state index contributed by atoms with van der Waals surface area (Å²) < 4.78 is 47.3. The Morgan fingerprint density at radius 1 is 1.23 bits per heavy atom. The van der Waals surface area contributed by atoms with Gasteiger partial charge in [-0.05, 0) is 42.7 Å². The average molecular weight is 362 g/mol. The van der Waals surface area contributed by atoms with E-state index in [4.69, 9.17) is 4.74 Å². The highest BCUT2D eigenvalue weighted by Crippen LogP contribution is 2.62. The largest absolute Gasteiger partial charge is 0.449 e. The van der Waals surface area contributed by atoms with Gasteiger partial charge in [0, 0.05) is 12.3 Å². The molecule has 3 aliphatic rings. The Hall–Kier alpha value is -2.04. The molecule has 0 spiro atoms. The summed E-state index contributed by atoms with van der Waals surface area (Å²) in [7, 11) is 0. The third kappa shape index (κ3) is 2.51. The minimum absolute atomic E-state index is 0.0941. The van der Waals surface area contributed by atoms with E-state index in [1.807, 2.05) is 55.5 Å². The molecule has 2 bridgehead atoms. The SMILES string of the molecule is C/C(=C\CC[C@@]1(C(F)(F)F)OC(=O)C2C3C=CC(C3)C21)c1ccccc1. The first kappa shape index (κ1) is 17.4. The molecule has 5 heteroatoms. The molecule has 4 unspecified atom stereocenters. The van der Waals surface area contributed by atoms with Crippen LogP contribution in [0.15, 0.2) is 48.6 Å².